The fraction of sp³-hybridized carbons (Fsp3) is 0.292. The van der Waals surface area contributed by atoms with Gasteiger partial charge in [0.2, 0.25) is 0 Å². The van der Waals surface area contributed by atoms with Crippen LogP contribution in [0.5, 0.6) is 5.75 Å². The van der Waals surface area contributed by atoms with Crippen molar-refractivity contribution in [2.24, 2.45) is 0 Å². The van der Waals surface area contributed by atoms with E-state index in [0.29, 0.717) is 5.56 Å². The molecule has 0 aliphatic rings. The first-order chi connectivity index (χ1) is 15.9. The Labute approximate surface area is 198 Å². The standard InChI is InChI=1S/C24H27N3O6S/c1-5-32-23(29)19-20(25)18-16(26-22(19)34(4,30)31)12-9-13-17(18)33-14-24(2,3)27-21(28)15-10-7-6-8-11-15/h6-13H,5,14H2,1-4H3,(H2,25,26)(H,27,28). The minimum Gasteiger partial charge on any atom is -0.490 e. The summed E-state index contributed by atoms with van der Waals surface area (Å²) in [5, 5.41) is 2.74. The first-order valence-electron chi connectivity index (χ1n) is 10.5. The monoisotopic (exact) mass is 485 g/mol. The van der Waals surface area contributed by atoms with Gasteiger partial charge in [0.1, 0.15) is 17.9 Å². The second-order valence-corrected chi connectivity index (χ2v) is 10.3. The largest absolute Gasteiger partial charge is 0.490 e. The molecule has 0 spiro atoms. The van der Waals surface area contributed by atoms with Gasteiger partial charge in [0.25, 0.3) is 5.91 Å². The highest BCUT2D eigenvalue weighted by atomic mass is 32.2. The number of hydrogen-bond acceptors (Lipinski definition) is 8. The van der Waals surface area contributed by atoms with E-state index in [1.54, 1.807) is 63.2 Å². The van der Waals surface area contributed by atoms with Gasteiger partial charge in [-0.25, -0.2) is 18.2 Å². The van der Waals surface area contributed by atoms with Crippen molar-refractivity contribution >= 4 is 38.3 Å². The maximum atomic E-state index is 12.6. The Balaban J connectivity index is 1.98. The molecular formula is C24H27N3O6S. The molecule has 0 fully saturated rings. The zero-order valence-corrected chi connectivity index (χ0v) is 20.2. The maximum absolute atomic E-state index is 12.6. The average molecular weight is 486 g/mol. The molecule has 3 aromatic rings. The number of nitrogens with zero attached hydrogens (tertiary/aromatic N) is 1. The van der Waals surface area contributed by atoms with Crippen LogP contribution in [0.25, 0.3) is 10.9 Å². The maximum Gasteiger partial charge on any atom is 0.343 e. The van der Waals surface area contributed by atoms with Crippen molar-refractivity contribution in [3.05, 3.63) is 59.7 Å². The number of fused-ring (bicyclic) bond motifs is 1. The summed E-state index contributed by atoms with van der Waals surface area (Å²) in [7, 11) is -3.88. The van der Waals surface area contributed by atoms with E-state index < -0.39 is 26.4 Å². The van der Waals surface area contributed by atoms with E-state index in [-0.39, 0.29) is 47.0 Å². The zero-order valence-electron chi connectivity index (χ0n) is 19.4. The van der Waals surface area contributed by atoms with Gasteiger partial charge in [-0.15, -0.1) is 0 Å². The van der Waals surface area contributed by atoms with Crippen molar-refractivity contribution in [2.75, 3.05) is 25.2 Å². The molecule has 34 heavy (non-hydrogen) atoms. The van der Waals surface area contributed by atoms with Gasteiger partial charge in [-0.05, 0) is 45.0 Å². The summed E-state index contributed by atoms with van der Waals surface area (Å²) in [6.07, 6.45) is 0.946. The lowest BCUT2D eigenvalue weighted by Crippen LogP contribution is -2.47. The molecule has 1 amide bonds. The van der Waals surface area contributed by atoms with Crippen molar-refractivity contribution in [3.63, 3.8) is 0 Å². The van der Waals surface area contributed by atoms with E-state index in [4.69, 9.17) is 15.2 Å². The van der Waals surface area contributed by atoms with Gasteiger partial charge in [-0.1, -0.05) is 24.3 Å². The topological polar surface area (TPSA) is 138 Å². The highest BCUT2D eigenvalue weighted by Crippen LogP contribution is 2.35. The van der Waals surface area contributed by atoms with Crippen molar-refractivity contribution in [3.8, 4) is 5.75 Å². The van der Waals surface area contributed by atoms with Crippen LogP contribution in [0.2, 0.25) is 0 Å². The van der Waals surface area contributed by atoms with E-state index in [1.165, 1.54) is 0 Å². The number of amides is 1. The van der Waals surface area contributed by atoms with E-state index in [1.807, 2.05) is 6.07 Å². The molecule has 10 heteroatoms. The van der Waals surface area contributed by atoms with Crippen molar-refractivity contribution in [1.82, 2.24) is 10.3 Å². The molecule has 0 radical (unpaired) electrons. The number of anilines is 1. The molecule has 180 valence electrons. The number of sulfone groups is 1. The predicted octanol–water partition coefficient (Wildman–Crippen LogP) is 2.98. The molecule has 0 atom stereocenters. The van der Waals surface area contributed by atoms with E-state index in [0.717, 1.165) is 6.26 Å². The fourth-order valence-electron chi connectivity index (χ4n) is 3.34. The molecule has 0 aliphatic heterocycles. The normalized spacial score (nSPS) is 11.8. The number of esters is 1. The first-order valence-corrected chi connectivity index (χ1v) is 12.4. The molecule has 0 saturated heterocycles. The number of nitrogen functional groups attached to an aromatic ring is 1. The molecule has 3 N–H and O–H groups in total. The van der Waals surface area contributed by atoms with Gasteiger partial charge < -0.3 is 20.5 Å². The van der Waals surface area contributed by atoms with Gasteiger partial charge in [0.05, 0.1) is 28.7 Å². The number of nitrogens with two attached hydrogens (primary N) is 1. The van der Waals surface area contributed by atoms with Crippen molar-refractivity contribution in [1.29, 1.82) is 0 Å². The van der Waals surface area contributed by atoms with Crippen molar-refractivity contribution in [2.45, 2.75) is 31.3 Å². The molecule has 9 nitrogen and oxygen atoms in total. The Morgan fingerprint density at radius 3 is 2.38 bits per heavy atom. The van der Waals surface area contributed by atoms with Crippen LogP contribution in [-0.4, -0.2) is 50.3 Å². The van der Waals surface area contributed by atoms with Crippen LogP contribution < -0.4 is 15.8 Å². The van der Waals surface area contributed by atoms with Crippen LogP contribution in [0, 0.1) is 0 Å². The Morgan fingerprint density at radius 2 is 1.76 bits per heavy atom. The highest BCUT2D eigenvalue weighted by molar-refractivity contribution is 7.90. The third-order valence-electron chi connectivity index (χ3n) is 4.89. The summed E-state index contributed by atoms with van der Waals surface area (Å²) in [5.74, 6) is -0.856. The van der Waals surface area contributed by atoms with Gasteiger partial charge in [-0.3, -0.25) is 4.79 Å². The summed E-state index contributed by atoms with van der Waals surface area (Å²) in [4.78, 5) is 29.3. The Bertz CT molecular complexity index is 1340. The van der Waals surface area contributed by atoms with Gasteiger partial charge in [0.15, 0.2) is 14.9 Å². The van der Waals surface area contributed by atoms with Crippen LogP contribution in [0.4, 0.5) is 5.69 Å². The van der Waals surface area contributed by atoms with E-state index >= 15 is 0 Å². The third kappa shape index (κ3) is 5.45. The molecule has 0 saturated carbocycles. The summed E-state index contributed by atoms with van der Waals surface area (Å²) in [5.41, 5.74) is 5.84. The summed E-state index contributed by atoms with van der Waals surface area (Å²) in [6.45, 7) is 5.29. The Kier molecular flexibility index (Phi) is 7.11. The zero-order chi connectivity index (χ0) is 25.1. The molecule has 0 aliphatic carbocycles. The molecule has 0 unspecified atom stereocenters. The number of carbonyl (C=O) groups excluding carboxylic acids is 2. The molecule has 2 aromatic carbocycles. The van der Waals surface area contributed by atoms with Crippen LogP contribution >= 0.6 is 0 Å². The summed E-state index contributed by atoms with van der Waals surface area (Å²) < 4.78 is 35.7. The SMILES string of the molecule is CCOC(=O)c1c(S(C)(=O)=O)nc2cccc(OCC(C)(C)NC(=O)c3ccccc3)c2c1N. The lowest BCUT2D eigenvalue weighted by atomic mass is 10.1. The van der Waals surface area contributed by atoms with E-state index in [2.05, 4.69) is 10.3 Å². The minimum atomic E-state index is -3.88. The molecule has 1 aromatic heterocycles. The fourth-order valence-corrected chi connectivity index (χ4v) is 4.17. The van der Waals surface area contributed by atoms with Gasteiger partial charge >= 0.3 is 5.97 Å². The molecule has 3 rings (SSSR count). The summed E-state index contributed by atoms with van der Waals surface area (Å²) in [6, 6.07) is 13.6. The van der Waals surface area contributed by atoms with Crippen molar-refractivity contribution < 1.29 is 27.5 Å². The summed E-state index contributed by atoms with van der Waals surface area (Å²) >= 11 is 0. The second-order valence-electron chi connectivity index (χ2n) is 8.34. The average Bonchev–Trinajstić information content (AvgIpc) is 2.77. The number of benzene rings is 2. The molecule has 0 bridgehead atoms. The number of hydrogen-bond donors (Lipinski definition) is 2. The number of aromatic nitrogens is 1. The number of nitrogens with one attached hydrogen (secondary N) is 1. The number of rotatable bonds is 8. The Morgan fingerprint density at radius 1 is 1.09 bits per heavy atom. The third-order valence-corrected chi connectivity index (χ3v) is 5.88. The highest BCUT2D eigenvalue weighted by Gasteiger charge is 2.29. The molecule has 1 heterocycles. The number of ether oxygens (including phenoxy) is 2. The smallest absolute Gasteiger partial charge is 0.343 e. The lowest BCUT2D eigenvalue weighted by molar-refractivity contribution is 0.0522. The second kappa shape index (κ2) is 9.68. The number of carbonyl (C=O) groups is 2. The van der Waals surface area contributed by atoms with Crippen LogP contribution in [0.3, 0.4) is 0 Å². The lowest BCUT2D eigenvalue weighted by Gasteiger charge is -2.27. The molecular weight excluding hydrogens is 458 g/mol. The van der Waals surface area contributed by atoms with Crippen LogP contribution in [0.1, 0.15) is 41.5 Å². The van der Waals surface area contributed by atoms with E-state index in [9.17, 15) is 18.0 Å². The Hall–Kier alpha value is -3.66. The van der Waals surface area contributed by atoms with Gasteiger partial charge in [-0.2, -0.15) is 0 Å². The predicted molar refractivity (Wildman–Crippen MR) is 129 cm³/mol. The van der Waals surface area contributed by atoms with Crippen LogP contribution in [0.15, 0.2) is 53.6 Å². The first kappa shape index (κ1) is 25.0. The quantitative estimate of drug-likeness (QED) is 0.465. The minimum absolute atomic E-state index is 0.0347. The van der Waals surface area contributed by atoms with Crippen LogP contribution in [-0.2, 0) is 14.6 Å². The van der Waals surface area contributed by atoms with Gasteiger partial charge in [0, 0.05) is 11.8 Å². The number of pyridine rings is 1.